The molecule has 1 heterocycles. The topological polar surface area (TPSA) is 3.24 Å². The Morgan fingerprint density at radius 2 is 1.33 bits per heavy atom. The summed E-state index contributed by atoms with van der Waals surface area (Å²) >= 11 is 0. The number of benzene rings is 3. The Hall–Kier alpha value is -2.54. The van der Waals surface area contributed by atoms with Gasteiger partial charge in [0, 0.05) is 18.8 Å². The fraction of sp³-hybridized carbons (Fsp3) is 0.217. The maximum Gasteiger partial charge on any atom is 0.0429 e. The van der Waals surface area contributed by atoms with Crippen molar-refractivity contribution in [3.8, 4) is 0 Å². The Labute approximate surface area is 144 Å². The lowest BCUT2D eigenvalue weighted by Gasteiger charge is -2.36. The molecule has 0 aromatic heterocycles. The third kappa shape index (κ3) is 3.21. The van der Waals surface area contributed by atoms with Gasteiger partial charge in [0.1, 0.15) is 0 Å². The van der Waals surface area contributed by atoms with Crippen molar-refractivity contribution in [1.82, 2.24) is 0 Å². The number of hydrogen-bond donors (Lipinski definition) is 0. The van der Waals surface area contributed by atoms with Crippen molar-refractivity contribution >= 4 is 5.69 Å². The van der Waals surface area contributed by atoms with Gasteiger partial charge in [-0.3, -0.25) is 0 Å². The molecule has 0 N–H and O–H groups in total. The molecule has 1 heteroatoms. The highest BCUT2D eigenvalue weighted by Crippen LogP contribution is 2.37. The van der Waals surface area contributed by atoms with E-state index in [0.29, 0.717) is 5.92 Å². The highest BCUT2D eigenvalue weighted by atomic mass is 15.1. The van der Waals surface area contributed by atoms with E-state index >= 15 is 0 Å². The molecule has 1 nitrogen and oxygen atoms in total. The van der Waals surface area contributed by atoms with Crippen LogP contribution in [-0.2, 0) is 13.0 Å². The lowest BCUT2D eigenvalue weighted by molar-refractivity contribution is 0.570. The predicted molar refractivity (Wildman–Crippen MR) is 101 cm³/mol. The normalized spacial score (nSPS) is 16.7. The van der Waals surface area contributed by atoms with Gasteiger partial charge in [-0.1, -0.05) is 78.9 Å². The van der Waals surface area contributed by atoms with Crippen LogP contribution in [0, 0.1) is 0 Å². The van der Waals surface area contributed by atoms with Gasteiger partial charge in [-0.15, -0.1) is 0 Å². The fourth-order valence-corrected chi connectivity index (χ4v) is 3.79. The van der Waals surface area contributed by atoms with Crippen LogP contribution in [0.3, 0.4) is 0 Å². The zero-order valence-electron chi connectivity index (χ0n) is 13.9. The summed E-state index contributed by atoms with van der Waals surface area (Å²) in [6.45, 7) is 2.12. The molecule has 4 rings (SSSR count). The first kappa shape index (κ1) is 15.0. The molecule has 1 aliphatic rings. The summed E-state index contributed by atoms with van der Waals surface area (Å²) in [6, 6.07) is 30.6. The number of rotatable bonds is 4. The van der Waals surface area contributed by atoms with Crippen molar-refractivity contribution in [2.24, 2.45) is 0 Å². The van der Waals surface area contributed by atoms with Crippen molar-refractivity contribution in [2.75, 3.05) is 11.4 Å². The molecule has 1 aliphatic heterocycles. The summed E-state index contributed by atoms with van der Waals surface area (Å²) < 4.78 is 0. The van der Waals surface area contributed by atoms with Gasteiger partial charge >= 0.3 is 0 Å². The van der Waals surface area contributed by atoms with Crippen LogP contribution < -0.4 is 4.90 Å². The SMILES string of the molecule is c1ccc(CC2CCN(Cc3ccccc3)c3ccccc32)cc1. The molecule has 1 unspecified atom stereocenters. The average Bonchev–Trinajstić information content (AvgIpc) is 2.65. The first-order valence-corrected chi connectivity index (χ1v) is 8.82. The van der Waals surface area contributed by atoms with E-state index < -0.39 is 0 Å². The molecule has 0 saturated heterocycles. The molecule has 0 aliphatic carbocycles. The van der Waals surface area contributed by atoms with Gasteiger partial charge < -0.3 is 4.90 Å². The standard InChI is InChI=1S/C23H23N/c1-3-9-19(10-4-1)17-21-15-16-24(18-20-11-5-2-6-12-20)23-14-8-7-13-22(21)23/h1-14,21H,15-18H2. The van der Waals surface area contributed by atoms with Gasteiger partial charge in [-0.2, -0.15) is 0 Å². The van der Waals surface area contributed by atoms with E-state index in [0.717, 1.165) is 19.5 Å². The molecule has 0 radical (unpaired) electrons. The lowest BCUT2D eigenvalue weighted by atomic mass is 9.85. The molecule has 0 saturated carbocycles. The van der Waals surface area contributed by atoms with Gasteiger partial charge in [-0.05, 0) is 41.5 Å². The summed E-state index contributed by atoms with van der Waals surface area (Å²) in [5.74, 6) is 0.621. The molecular weight excluding hydrogens is 290 g/mol. The molecule has 120 valence electrons. The van der Waals surface area contributed by atoms with Crippen LogP contribution in [0.5, 0.6) is 0 Å². The average molecular weight is 313 g/mol. The van der Waals surface area contributed by atoms with Crippen molar-refractivity contribution < 1.29 is 0 Å². The van der Waals surface area contributed by atoms with Crippen LogP contribution in [0.25, 0.3) is 0 Å². The van der Waals surface area contributed by atoms with E-state index in [-0.39, 0.29) is 0 Å². The monoisotopic (exact) mass is 313 g/mol. The largest absolute Gasteiger partial charge is 0.367 e. The quantitative estimate of drug-likeness (QED) is 0.621. The number of anilines is 1. The minimum atomic E-state index is 0.621. The molecule has 1 atom stereocenters. The summed E-state index contributed by atoms with van der Waals surface area (Å²) in [5, 5.41) is 0. The van der Waals surface area contributed by atoms with Gasteiger partial charge in [0.15, 0.2) is 0 Å². The van der Waals surface area contributed by atoms with Crippen molar-refractivity contribution in [2.45, 2.75) is 25.3 Å². The van der Waals surface area contributed by atoms with Crippen LogP contribution >= 0.6 is 0 Å². The van der Waals surface area contributed by atoms with E-state index in [1.54, 1.807) is 0 Å². The van der Waals surface area contributed by atoms with Crippen LogP contribution in [-0.4, -0.2) is 6.54 Å². The maximum atomic E-state index is 2.53. The van der Waals surface area contributed by atoms with Crippen molar-refractivity contribution in [3.05, 3.63) is 102 Å². The van der Waals surface area contributed by atoms with E-state index in [1.165, 1.54) is 28.8 Å². The first-order valence-electron chi connectivity index (χ1n) is 8.82. The van der Waals surface area contributed by atoms with E-state index in [1.807, 2.05) is 0 Å². The number of nitrogens with zero attached hydrogens (tertiary/aromatic N) is 1. The van der Waals surface area contributed by atoms with Crippen LogP contribution in [0.4, 0.5) is 5.69 Å². The molecule has 24 heavy (non-hydrogen) atoms. The van der Waals surface area contributed by atoms with Crippen molar-refractivity contribution in [3.63, 3.8) is 0 Å². The smallest absolute Gasteiger partial charge is 0.0429 e. The second kappa shape index (κ2) is 6.92. The van der Waals surface area contributed by atoms with Gasteiger partial charge in [-0.25, -0.2) is 0 Å². The Bertz CT molecular complexity index is 711. The Kier molecular flexibility index (Phi) is 4.33. The summed E-state index contributed by atoms with van der Waals surface area (Å²) in [7, 11) is 0. The minimum absolute atomic E-state index is 0.621. The Morgan fingerprint density at radius 3 is 2.08 bits per heavy atom. The van der Waals surface area contributed by atoms with E-state index in [4.69, 9.17) is 0 Å². The summed E-state index contributed by atoms with van der Waals surface area (Å²) in [6.07, 6.45) is 2.36. The zero-order chi connectivity index (χ0) is 16.2. The zero-order valence-corrected chi connectivity index (χ0v) is 13.9. The first-order chi connectivity index (χ1) is 11.9. The second-order valence-corrected chi connectivity index (χ2v) is 6.64. The van der Waals surface area contributed by atoms with Crippen LogP contribution in [0.2, 0.25) is 0 Å². The Morgan fingerprint density at radius 1 is 0.708 bits per heavy atom. The Balaban J connectivity index is 1.58. The third-order valence-corrected chi connectivity index (χ3v) is 5.01. The maximum absolute atomic E-state index is 2.53. The van der Waals surface area contributed by atoms with Crippen LogP contribution in [0.15, 0.2) is 84.9 Å². The summed E-state index contributed by atoms with van der Waals surface area (Å²) in [5.41, 5.74) is 5.74. The molecule has 3 aromatic carbocycles. The van der Waals surface area contributed by atoms with Crippen LogP contribution in [0.1, 0.15) is 29.0 Å². The minimum Gasteiger partial charge on any atom is -0.367 e. The number of para-hydroxylation sites is 1. The van der Waals surface area contributed by atoms with Gasteiger partial charge in [0.2, 0.25) is 0 Å². The van der Waals surface area contributed by atoms with E-state index in [9.17, 15) is 0 Å². The summed E-state index contributed by atoms with van der Waals surface area (Å²) in [4.78, 5) is 2.53. The number of hydrogen-bond acceptors (Lipinski definition) is 1. The molecule has 0 spiro atoms. The molecular formula is C23H23N. The van der Waals surface area contributed by atoms with Gasteiger partial charge in [0.05, 0.1) is 0 Å². The molecule has 3 aromatic rings. The highest BCUT2D eigenvalue weighted by molar-refractivity contribution is 5.57. The molecule has 0 fully saturated rings. The third-order valence-electron chi connectivity index (χ3n) is 5.01. The second-order valence-electron chi connectivity index (χ2n) is 6.64. The van der Waals surface area contributed by atoms with E-state index in [2.05, 4.69) is 89.8 Å². The van der Waals surface area contributed by atoms with Gasteiger partial charge in [0.25, 0.3) is 0 Å². The number of fused-ring (bicyclic) bond motifs is 1. The lowest BCUT2D eigenvalue weighted by Crippen LogP contribution is -2.31. The molecule has 0 bridgehead atoms. The molecule has 0 amide bonds. The predicted octanol–water partition coefficient (Wildman–Crippen LogP) is 5.42. The highest BCUT2D eigenvalue weighted by Gasteiger charge is 2.24. The fourth-order valence-electron chi connectivity index (χ4n) is 3.79. The van der Waals surface area contributed by atoms with Crippen molar-refractivity contribution in [1.29, 1.82) is 0 Å².